The number of hydrogen-bond acceptors (Lipinski definition) is 9. The molecule has 0 aromatic carbocycles. The van der Waals surface area contributed by atoms with Crippen LogP contribution in [-0.2, 0) is 33.2 Å². The fraction of sp³-hybridized carbons (Fsp3) is 0.850. The van der Waals surface area contributed by atoms with Crippen molar-refractivity contribution >= 4 is 5.91 Å². The molecule has 0 saturated carbocycles. The van der Waals surface area contributed by atoms with Gasteiger partial charge in [0.1, 0.15) is 13.0 Å². The largest absolute Gasteiger partial charge is 0.378 e. The second-order valence-corrected chi connectivity index (χ2v) is 6.01. The minimum atomic E-state index is -1.51. The van der Waals surface area contributed by atoms with Gasteiger partial charge in [0.25, 0.3) is 5.97 Å². The average Bonchev–Trinajstić information content (AvgIpc) is 2.72. The Labute approximate surface area is 180 Å². The molecule has 4 N–H and O–H groups in total. The Balaban J connectivity index is 5.01. The van der Waals surface area contributed by atoms with E-state index >= 15 is 0 Å². The second kappa shape index (κ2) is 19.7. The van der Waals surface area contributed by atoms with Crippen molar-refractivity contribution in [2.75, 3.05) is 85.6 Å². The molecule has 0 aliphatic rings. The van der Waals surface area contributed by atoms with Crippen LogP contribution < -0.4 is 11.5 Å². The number of carbonyl (C=O) groups excluding carboxylic acids is 1. The van der Waals surface area contributed by atoms with Gasteiger partial charge in [0.2, 0.25) is 5.91 Å². The molecule has 1 amide bonds. The molecule has 0 unspecified atom stereocenters. The van der Waals surface area contributed by atoms with Crippen LogP contribution in [0.4, 0.5) is 0 Å². The van der Waals surface area contributed by atoms with Crippen LogP contribution in [0.2, 0.25) is 0 Å². The lowest BCUT2D eigenvalue weighted by atomic mass is 10.3. The van der Waals surface area contributed by atoms with Crippen LogP contribution >= 0.6 is 0 Å². The number of terminal acetylenes is 1. The van der Waals surface area contributed by atoms with E-state index < -0.39 is 5.97 Å². The highest BCUT2D eigenvalue weighted by Gasteiger charge is 2.37. The second-order valence-electron chi connectivity index (χ2n) is 6.01. The molecule has 0 aliphatic heterocycles. The minimum Gasteiger partial charge on any atom is -0.378 e. The topological polar surface area (TPSA) is 128 Å². The van der Waals surface area contributed by atoms with Gasteiger partial charge in [-0.2, -0.15) is 0 Å². The molecule has 0 spiro atoms. The highest BCUT2D eigenvalue weighted by molar-refractivity contribution is 5.76. The molecule has 176 valence electrons. The van der Waals surface area contributed by atoms with Crippen molar-refractivity contribution in [3.63, 3.8) is 0 Å². The molecule has 0 saturated heterocycles. The molecule has 10 heteroatoms. The normalized spacial score (nSPS) is 11.4. The van der Waals surface area contributed by atoms with E-state index in [2.05, 4.69) is 5.92 Å². The first-order valence-corrected chi connectivity index (χ1v) is 10.4. The Morgan fingerprint density at radius 2 is 1.43 bits per heavy atom. The van der Waals surface area contributed by atoms with E-state index in [1.54, 1.807) is 18.7 Å². The highest BCUT2D eigenvalue weighted by atomic mass is 16.9. The number of nitrogens with two attached hydrogens (primary N) is 2. The first-order valence-electron chi connectivity index (χ1n) is 10.4. The fourth-order valence-electron chi connectivity index (χ4n) is 2.48. The van der Waals surface area contributed by atoms with E-state index in [1.165, 1.54) is 0 Å². The zero-order chi connectivity index (χ0) is 22.5. The van der Waals surface area contributed by atoms with Crippen molar-refractivity contribution in [3.8, 4) is 12.3 Å². The molecule has 0 aromatic heterocycles. The summed E-state index contributed by atoms with van der Waals surface area (Å²) in [5.41, 5.74) is 10.9. The number of ether oxygens (including phenoxy) is 6. The van der Waals surface area contributed by atoms with Crippen LogP contribution in [0.5, 0.6) is 0 Å². The Bertz CT molecular complexity index is 442. The summed E-state index contributed by atoms with van der Waals surface area (Å²) in [6.07, 6.45) is 5.03. The van der Waals surface area contributed by atoms with Gasteiger partial charge in [0.15, 0.2) is 0 Å². The first-order chi connectivity index (χ1) is 14.6. The number of hydrogen-bond donors (Lipinski definition) is 2. The van der Waals surface area contributed by atoms with Crippen molar-refractivity contribution in [1.82, 2.24) is 4.90 Å². The lowest BCUT2D eigenvalue weighted by molar-refractivity contribution is -0.378. The molecular weight excluding hydrogens is 394 g/mol. The molecule has 10 nitrogen and oxygen atoms in total. The number of amides is 1. The van der Waals surface area contributed by atoms with Crippen LogP contribution in [0, 0.1) is 12.3 Å². The zero-order valence-electron chi connectivity index (χ0n) is 18.4. The summed E-state index contributed by atoms with van der Waals surface area (Å²) in [5.74, 6) is 0.660. The summed E-state index contributed by atoms with van der Waals surface area (Å²) < 4.78 is 33.2. The third-order valence-corrected chi connectivity index (χ3v) is 3.72. The maximum atomic E-state index is 13.0. The van der Waals surface area contributed by atoms with Gasteiger partial charge in [0, 0.05) is 39.4 Å². The van der Waals surface area contributed by atoms with Crippen LogP contribution in [0.1, 0.15) is 20.3 Å². The van der Waals surface area contributed by atoms with E-state index in [-0.39, 0.29) is 32.1 Å². The van der Waals surface area contributed by atoms with Crippen molar-refractivity contribution in [3.05, 3.63) is 0 Å². The molecule has 0 fully saturated rings. The number of nitrogens with zero attached hydrogens (tertiary/aromatic N) is 1. The summed E-state index contributed by atoms with van der Waals surface area (Å²) in [7, 11) is 0. The van der Waals surface area contributed by atoms with Crippen LogP contribution in [0.3, 0.4) is 0 Å². The predicted molar refractivity (Wildman–Crippen MR) is 113 cm³/mol. The third kappa shape index (κ3) is 13.8. The summed E-state index contributed by atoms with van der Waals surface area (Å²) in [5, 5.41) is 0. The quantitative estimate of drug-likeness (QED) is 0.140. The Morgan fingerprint density at radius 3 is 1.90 bits per heavy atom. The lowest BCUT2D eigenvalue weighted by Crippen LogP contribution is -2.47. The van der Waals surface area contributed by atoms with Crippen LogP contribution in [0.15, 0.2) is 0 Å². The van der Waals surface area contributed by atoms with E-state index in [0.717, 1.165) is 0 Å². The summed E-state index contributed by atoms with van der Waals surface area (Å²) in [4.78, 5) is 14.7. The minimum absolute atomic E-state index is 0.127. The fourth-order valence-corrected chi connectivity index (χ4v) is 2.48. The molecule has 0 aliphatic carbocycles. The van der Waals surface area contributed by atoms with Crippen LogP contribution in [-0.4, -0.2) is 102 Å². The van der Waals surface area contributed by atoms with E-state index in [4.69, 9.17) is 46.3 Å². The molecule has 0 bridgehead atoms. The van der Waals surface area contributed by atoms with Crippen molar-refractivity contribution in [2.45, 2.75) is 26.2 Å². The molecule has 0 rings (SSSR count). The Hall–Kier alpha value is -1.29. The molecule has 0 atom stereocenters. The van der Waals surface area contributed by atoms with Gasteiger partial charge in [-0.05, 0) is 13.8 Å². The van der Waals surface area contributed by atoms with Gasteiger partial charge in [0.05, 0.1) is 39.6 Å². The van der Waals surface area contributed by atoms with E-state index in [9.17, 15) is 4.79 Å². The van der Waals surface area contributed by atoms with Crippen LogP contribution in [0.25, 0.3) is 0 Å². The number of carbonyl (C=O) groups is 1. The van der Waals surface area contributed by atoms with Gasteiger partial charge in [-0.1, -0.05) is 5.92 Å². The van der Waals surface area contributed by atoms with Crippen molar-refractivity contribution in [1.29, 1.82) is 0 Å². The van der Waals surface area contributed by atoms with E-state index in [1.807, 2.05) is 0 Å². The van der Waals surface area contributed by atoms with Gasteiger partial charge in [-0.15, -0.1) is 6.42 Å². The standard InChI is InChI=1S/C20H39N3O7/c1-4-11-25-16-17-30-20(28-5-2,29-6-3)18-19(24)23(9-14-26-12-7-21)10-15-27-13-8-22/h1H,5-18,21-22H2,2-3H3. The molecule has 0 radical (unpaired) electrons. The van der Waals surface area contributed by atoms with Crippen molar-refractivity contribution in [2.24, 2.45) is 11.5 Å². The van der Waals surface area contributed by atoms with Gasteiger partial charge in [-0.3, -0.25) is 4.79 Å². The van der Waals surface area contributed by atoms with Gasteiger partial charge in [-0.25, -0.2) is 0 Å². The van der Waals surface area contributed by atoms with Crippen molar-refractivity contribution < 1.29 is 33.2 Å². The maximum Gasteiger partial charge on any atom is 0.292 e. The smallest absolute Gasteiger partial charge is 0.292 e. The maximum absolute atomic E-state index is 13.0. The summed E-state index contributed by atoms with van der Waals surface area (Å²) in [6, 6.07) is 0. The lowest BCUT2D eigenvalue weighted by Gasteiger charge is -2.34. The average molecular weight is 434 g/mol. The first kappa shape index (κ1) is 28.7. The highest BCUT2D eigenvalue weighted by Crippen LogP contribution is 2.22. The molecular formula is C20H39N3O7. The number of rotatable bonds is 21. The molecule has 0 aromatic rings. The summed E-state index contributed by atoms with van der Waals surface area (Å²) >= 11 is 0. The SMILES string of the molecule is C#CCOCCOC(CC(=O)N(CCOCCN)CCOCCN)(OCC)OCC. The molecule has 0 heterocycles. The van der Waals surface area contributed by atoms with Gasteiger partial charge >= 0.3 is 0 Å². The van der Waals surface area contributed by atoms with Gasteiger partial charge < -0.3 is 44.8 Å². The Morgan fingerprint density at radius 1 is 0.867 bits per heavy atom. The Kier molecular flexibility index (Phi) is 18.8. The predicted octanol–water partition coefficient (Wildman–Crippen LogP) is -0.451. The zero-order valence-corrected chi connectivity index (χ0v) is 18.4. The monoisotopic (exact) mass is 433 g/mol. The third-order valence-electron chi connectivity index (χ3n) is 3.72. The van der Waals surface area contributed by atoms with E-state index in [0.29, 0.717) is 65.8 Å². The summed E-state index contributed by atoms with van der Waals surface area (Å²) in [6.45, 7) is 7.96. The molecule has 30 heavy (non-hydrogen) atoms.